The van der Waals surface area contributed by atoms with Crippen molar-refractivity contribution in [1.82, 2.24) is 10.2 Å². The number of sulfonamides is 1. The molecule has 0 aliphatic rings. The van der Waals surface area contributed by atoms with Crippen molar-refractivity contribution in [2.24, 2.45) is 0 Å². The summed E-state index contributed by atoms with van der Waals surface area (Å²) in [6.45, 7) is 4.97. The summed E-state index contributed by atoms with van der Waals surface area (Å²) >= 11 is 15.9. The Morgan fingerprint density at radius 2 is 1.49 bits per heavy atom. The molecule has 4 aromatic carbocycles. The summed E-state index contributed by atoms with van der Waals surface area (Å²) in [6.07, 6.45) is 0.204. The van der Waals surface area contributed by atoms with Crippen LogP contribution < -0.4 is 9.62 Å². The van der Waals surface area contributed by atoms with Crippen LogP contribution in [0.1, 0.15) is 30.5 Å². The second kappa shape index (κ2) is 15.3. The number of aryl methyl sites for hydroxylation is 1. The molecule has 7 nitrogen and oxygen atoms in total. The Hall–Kier alpha value is -3.37. The van der Waals surface area contributed by atoms with Crippen molar-refractivity contribution in [1.29, 1.82) is 0 Å². The number of nitrogens with one attached hydrogen (secondary N) is 1. The van der Waals surface area contributed by atoms with Crippen molar-refractivity contribution in [3.63, 3.8) is 0 Å². The largest absolute Gasteiger partial charge is 0.352 e. The molecule has 0 saturated heterocycles. The molecule has 11 heteroatoms. The highest BCUT2D eigenvalue weighted by atomic mass is 79.9. The first-order valence-corrected chi connectivity index (χ1v) is 17.3. The number of nitrogens with zero attached hydrogens (tertiary/aromatic N) is 2. The molecule has 0 aliphatic carbocycles. The first-order valence-electron chi connectivity index (χ1n) is 14.3. The summed E-state index contributed by atoms with van der Waals surface area (Å²) < 4.78 is 30.0. The monoisotopic (exact) mass is 729 g/mol. The number of anilines is 1. The summed E-state index contributed by atoms with van der Waals surface area (Å²) in [7, 11) is -4.19. The van der Waals surface area contributed by atoms with Crippen LogP contribution in [0, 0.1) is 6.92 Å². The van der Waals surface area contributed by atoms with Crippen molar-refractivity contribution >= 4 is 66.7 Å². The maximum absolute atomic E-state index is 14.5. The fourth-order valence-corrected chi connectivity index (χ4v) is 6.74. The smallest absolute Gasteiger partial charge is 0.264 e. The van der Waals surface area contributed by atoms with E-state index in [-0.39, 0.29) is 29.8 Å². The van der Waals surface area contributed by atoms with E-state index in [1.807, 2.05) is 51.1 Å². The zero-order valence-electron chi connectivity index (χ0n) is 25.1. The minimum atomic E-state index is -4.19. The van der Waals surface area contributed by atoms with E-state index in [4.69, 9.17) is 23.2 Å². The van der Waals surface area contributed by atoms with E-state index in [0.717, 1.165) is 19.9 Å². The fourth-order valence-electron chi connectivity index (χ4n) is 4.74. The molecule has 1 unspecified atom stereocenters. The number of amides is 2. The Morgan fingerprint density at radius 1 is 0.844 bits per heavy atom. The van der Waals surface area contributed by atoms with Gasteiger partial charge in [0, 0.05) is 23.5 Å². The van der Waals surface area contributed by atoms with Crippen LogP contribution in [0.15, 0.2) is 106 Å². The standard InChI is InChI=1S/C34H34BrCl2N3O4S/c1-23(2)38-34(42)32(20-25-7-5-4-6-8-25)39(21-26-11-18-30(36)31(37)19-26)33(41)22-40(28-14-12-27(35)13-15-28)45(43,44)29-16-9-24(3)10-17-29/h4-19,23,32H,20-22H2,1-3H3,(H,38,42). The Bertz CT molecular complexity index is 1740. The number of rotatable bonds is 12. The number of halogens is 3. The number of carbonyl (C=O) groups is 2. The van der Waals surface area contributed by atoms with E-state index in [1.165, 1.54) is 17.0 Å². The van der Waals surface area contributed by atoms with Crippen molar-refractivity contribution < 1.29 is 18.0 Å². The molecule has 2 amide bonds. The van der Waals surface area contributed by atoms with E-state index >= 15 is 0 Å². The molecule has 0 heterocycles. The average Bonchev–Trinajstić information content (AvgIpc) is 3.00. The third-order valence-corrected chi connectivity index (χ3v) is 10.1. The van der Waals surface area contributed by atoms with Gasteiger partial charge in [-0.3, -0.25) is 13.9 Å². The topological polar surface area (TPSA) is 86.8 Å². The van der Waals surface area contributed by atoms with E-state index in [0.29, 0.717) is 21.3 Å². The highest BCUT2D eigenvalue weighted by Gasteiger charge is 2.35. The van der Waals surface area contributed by atoms with Gasteiger partial charge < -0.3 is 10.2 Å². The van der Waals surface area contributed by atoms with Crippen LogP contribution in [0.2, 0.25) is 10.0 Å². The molecule has 236 valence electrons. The molecule has 0 spiro atoms. The number of carbonyl (C=O) groups excluding carboxylic acids is 2. The quantitative estimate of drug-likeness (QED) is 0.164. The average molecular weight is 732 g/mol. The van der Waals surface area contributed by atoms with E-state index in [2.05, 4.69) is 21.2 Å². The maximum Gasteiger partial charge on any atom is 0.264 e. The third-order valence-electron chi connectivity index (χ3n) is 7.04. The van der Waals surface area contributed by atoms with Gasteiger partial charge in [0.05, 0.1) is 20.6 Å². The lowest BCUT2D eigenvalue weighted by molar-refractivity contribution is -0.140. The number of hydrogen-bond donors (Lipinski definition) is 1. The molecule has 0 bridgehead atoms. The molecule has 4 aromatic rings. The first kappa shape index (κ1) is 34.5. The first-order chi connectivity index (χ1) is 21.3. The van der Waals surface area contributed by atoms with Crippen LogP contribution in [-0.4, -0.2) is 43.8 Å². The minimum absolute atomic E-state index is 0.0164. The predicted molar refractivity (Wildman–Crippen MR) is 184 cm³/mol. The van der Waals surface area contributed by atoms with Gasteiger partial charge in [0.1, 0.15) is 12.6 Å². The highest BCUT2D eigenvalue weighted by Crippen LogP contribution is 2.28. The summed E-state index contributed by atoms with van der Waals surface area (Å²) in [6, 6.07) is 26.3. The lowest BCUT2D eigenvalue weighted by Crippen LogP contribution is -2.54. The SMILES string of the molecule is Cc1ccc(S(=O)(=O)N(CC(=O)N(Cc2ccc(Cl)c(Cl)c2)C(Cc2ccccc2)C(=O)NC(C)C)c2ccc(Br)cc2)cc1. The molecule has 0 radical (unpaired) electrons. The van der Waals surface area contributed by atoms with Crippen molar-refractivity contribution in [2.45, 2.75) is 50.7 Å². The summed E-state index contributed by atoms with van der Waals surface area (Å²) in [4.78, 5) is 29.7. The molecular weight excluding hydrogens is 697 g/mol. The molecule has 0 fully saturated rings. The van der Waals surface area contributed by atoms with Crippen LogP contribution in [0.5, 0.6) is 0 Å². The van der Waals surface area contributed by atoms with Gasteiger partial charge in [-0.25, -0.2) is 8.42 Å². The van der Waals surface area contributed by atoms with E-state index < -0.39 is 28.5 Å². The molecule has 0 saturated carbocycles. The van der Waals surface area contributed by atoms with E-state index in [9.17, 15) is 18.0 Å². The van der Waals surface area contributed by atoms with Gasteiger partial charge in [0.25, 0.3) is 10.0 Å². The lowest BCUT2D eigenvalue weighted by atomic mass is 10.0. The second-order valence-corrected chi connectivity index (χ2v) is 14.5. The molecule has 45 heavy (non-hydrogen) atoms. The van der Waals surface area contributed by atoms with Crippen molar-refractivity contribution in [3.8, 4) is 0 Å². The summed E-state index contributed by atoms with van der Waals surface area (Å²) in [5.41, 5.74) is 2.66. The Balaban J connectivity index is 1.81. The molecule has 0 aromatic heterocycles. The summed E-state index contributed by atoms with van der Waals surface area (Å²) in [5, 5.41) is 3.59. The highest BCUT2D eigenvalue weighted by molar-refractivity contribution is 9.10. The molecule has 0 aliphatic heterocycles. The fraction of sp³-hybridized carbons (Fsp3) is 0.235. The van der Waals surface area contributed by atoms with Crippen molar-refractivity contribution in [3.05, 3.63) is 128 Å². The molecular formula is C34H34BrCl2N3O4S. The summed E-state index contributed by atoms with van der Waals surface area (Å²) in [5.74, 6) is -0.932. The number of benzene rings is 4. The van der Waals surface area contributed by atoms with E-state index in [1.54, 1.807) is 54.6 Å². The van der Waals surface area contributed by atoms with Gasteiger partial charge in [0.15, 0.2) is 0 Å². The van der Waals surface area contributed by atoms with Crippen LogP contribution in [0.25, 0.3) is 0 Å². The van der Waals surface area contributed by atoms with Crippen LogP contribution in [-0.2, 0) is 32.6 Å². The van der Waals surface area contributed by atoms with Crippen molar-refractivity contribution in [2.75, 3.05) is 10.8 Å². The zero-order valence-corrected chi connectivity index (χ0v) is 29.0. The zero-order chi connectivity index (χ0) is 32.7. The third kappa shape index (κ3) is 9.10. The second-order valence-electron chi connectivity index (χ2n) is 10.9. The van der Waals surface area contributed by atoms with Gasteiger partial charge in [-0.1, -0.05) is 93.2 Å². The van der Waals surface area contributed by atoms with Gasteiger partial charge in [-0.05, 0) is 80.4 Å². The maximum atomic E-state index is 14.5. The van der Waals surface area contributed by atoms with Crippen LogP contribution in [0.4, 0.5) is 5.69 Å². The Labute approximate surface area is 283 Å². The lowest BCUT2D eigenvalue weighted by Gasteiger charge is -2.34. The minimum Gasteiger partial charge on any atom is -0.352 e. The number of hydrogen-bond acceptors (Lipinski definition) is 4. The molecule has 1 atom stereocenters. The van der Waals surface area contributed by atoms with Crippen LogP contribution >= 0.6 is 39.1 Å². The van der Waals surface area contributed by atoms with Gasteiger partial charge >= 0.3 is 0 Å². The Morgan fingerprint density at radius 3 is 2.09 bits per heavy atom. The molecule has 1 N–H and O–H groups in total. The normalized spacial score (nSPS) is 12.1. The predicted octanol–water partition coefficient (Wildman–Crippen LogP) is 7.42. The van der Waals surface area contributed by atoms with Gasteiger partial charge in [-0.2, -0.15) is 0 Å². The molecule has 4 rings (SSSR count). The Kier molecular flexibility index (Phi) is 11.7. The van der Waals surface area contributed by atoms with Gasteiger partial charge in [0.2, 0.25) is 11.8 Å². The van der Waals surface area contributed by atoms with Gasteiger partial charge in [-0.15, -0.1) is 0 Å². The van der Waals surface area contributed by atoms with Crippen LogP contribution in [0.3, 0.4) is 0 Å².